The summed E-state index contributed by atoms with van der Waals surface area (Å²) in [6.07, 6.45) is 5.36. The minimum atomic E-state index is 0.487. The third kappa shape index (κ3) is 5.32. The maximum absolute atomic E-state index is 5.33. The van der Waals surface area contributed by atoms with Crippen LogP contribution in [0.25, 0.3) is 0 Å². The third-order valence-corrected chi connectivity index (χ3v) is 5.22. The van der Waals surface area contributed by atoms with Crippen LogP contribution in [0.3, 0.4) is 0 Å². The zero-order valence-corrected chi connectivity index (χ0v) is 17.9. The van der Waals surface area contributed by atoms with Crippen LogP contribution in [0.2, 0.25) is 0 Å². The Bertz CT molecular complexity index is 827. The molecular formula is C23H30N4S. The molecule has 1 aliphatic heterocycles. The summed E-state index contributed by atoms with van der Waals surface area (Å²) in [7, 11) is 0. The zero-order valence-electron chi connectivity index (χ0n) is 17.0. The van der Waals surface area contributed by atoms with Gasteiger partial charge < -0.3 is 10.2 Å². The van der Waals surface area contributed by atoms with Gasteiger partial charge in [-0.1, -0.05) is 39.0 Å². The second-order valence-electron chi connectivity index (χ2n) is 7.58. The average molecular weight is 395 g/mol. The monoisotopic (exact) mass is 394 g/mol. The molecule has 4 nitrogen and oxygen atoms in total. The number of fused-ring (bicyclic) bond motifs is 1. The molecule has 0 saturated carbocycles. The Morgan fingerprint density at radius 1 is 1.21 bits per heavy atom. The normalized spacial score (nSPS) is 13.6. The summed E-state index contributed by atoms with van der Waals surface area (Å²) in [5, 5.41) is 7.95. The van der Waals surface area contributed by atoms with Crippen molar-refractivity contribution in [3.8, 4) is 0 Å². The first-order chi connectivity index (χ1) is 13.6. The largest absolute Gasteiger partial charge is 0.371 e. The van der Waals surface area contributed by atoms with Gasteiger partial charge in [0.25, 0.3) is 0 Å². The number of nitrogens with zero attached hydrogens (tertiary/aromatic N) is 2. The molecule has 0 aromatic heterocycles. The summed E-state index contributed by atoms with van der Waals surface area (Å²) >= 11 is 5.33. The highest BCUT2D eigenvalue weighted by Gasteiger charge is 2.15. The average Bonchev–Trinajstić information content (AvgIpc) is 2.68. The number of benzene rings is 2. The molecule has 0 radical (unpaired) electrons. The topological polar surface area (TPSA) is 39.7 Å². The van der Waals surface area contributed by atoms with Gasteiger partial charge in [0.15, 0.2) is 5.11 Å². The van der Waals surface area contributed by atoms with Crippen molar-refractivity contribution in [3.05, 3.63) is 59.2 Å². The summed E-state index contributed by atoms with van der Waals surface area (Å²) < 4.78 is 0. The number of aryl methyl sites for hydroxylation is 1. The summed E-state index contributed by atoms with van der Waals surface area (Å²) in [6.45, 7) is 8.89. The van der Waals surface area contributed by atoms with Gasteiger partial charge in [0, 0.05) is 24.5 Å². The van der Waals surface area contributed by atoms with E-state index in [-0.39, 0.29) is 0 Å². The lowest BCUT2D eigenvalue weighted by Crippen LogP contribution is -2.30. The SMILES string of the molecule is CCCN1CCCc2cc(C=NNC(=S)Nc3ccc(C(C)C)cc3)ccc21. The molecule has 0 aliphatic carbocycles. The smallest absolute Gasteiger partial charge is 0.191 e. The number of hydrogen-bond acceptors (Lipinski definition) is 3. The Balaban J connectivity index is 1.56. The first-order valence-electron chi connectivity index (χ1n) is 10.1. The minimum absolute atomic E-state index is 0.487. The van der Waals surface area contributed by atoms with Crippen LogP contribution in [0, 0.1) is 0 Å². The van der Waals surface area contributed by atoms with E-state index in [1.54, 1.807) is 0 Å². The molecule has 148 valence electrons. The van der Waals surface area contributed by atoms with Gasteiger partial charge in [-0.2, -0.15) is 5.10 Å². The molecule has 0 atom stereocenters. The van der Waals surface area contributed by atoms with Crippen LogP contribution in [0.15, 0.2) is 47.6 Å². The quantitative estimate of drug-likeness (QED) is 0.397. The van der Waals surface area contributed by atoms with Gasteiger partial charge in [-0.25, -0.2) is 0 Å². The van der Waals surface area contributed by atoms with Crippen LogP contribution in [-0.4, -0.2) is 24.4 Å². The van der Waals surface area contributed by atoms with Gasteiger partial charge in [-0.3, -0.25) is 5.43 Å². The minimum Gasteiger partial charge on any atom is -0.371 e. The van der Waals surface area contributed by atoms with Crippen molar-refractivity contribution < 1.29 is 0 Å². The second-order valence-corrected chi connectivity index (χ2v) is 7.99. The van der Waals surface area contributed by atoms with E-state index in [4.69, 9.17) is 12.2 Å². The molecule has 28 heavy (non-hydrogen) atoms. The lowest BCUT2D eigenvalue weighted by atomic mass is 9.99. The lowest BCUT2D eigenvalue weighted by Gasteiger charge is -2.31. The summed E-state index contributed by atoms with van der Waals surface area (Å²) in [4.78, 5) is 2.49. The van der Waals surface area contributed by atoms with E-state index in [0.29, 0.717) is 11.0 Å². The van der Waals surface area contributed by atoms with Crippen molar-refractivity contribution in [2.45, 2.75) is 46.0 Å². The van der Waals surface area contributed by atoms with Crippen LogP contribution in [-0.2, 0) is 6.42 Å². The molecule has 2 aromatic carbocycles. The van der Waals surface area contributed by atoms with Crippen LogP contribution in [0.1, 0.15) is 56.2 Å². The van der Waals surface area contributed by atoms with Crippen molar-refractivity contribution in [3.63, 3.8) is 0 Å². The Morgan fingerprint density at radius 3 is 2.71 bits per heavy atom. The van der Waals surface area contributed by atoms with Gasteiger partial charge in [0.05, 0.1) is 6.21 Å². The zero-order chi connectivity index (χ0) is 19.9. The molecule has 2 aromatic rings. The number of hydrogen-bond donors (Lipinski definition) is 2. The lowest BCUT2D eigenvalue weighted by molar-refractivity contribution is 0.681. The molecule has 0 bridgehead atoms. The van der Waals surface area contributed by atoms with E-state index < -0.39 is 0 Å². The van der Waals surface area contributed by atoms with Crippen molar-refractivity contribution in [1.82, 2.24) is 5.43 Å². The summed E-state index contributed by atoms with van der Waals surface area (Å²) in [5.41, 5.74) is 9.06. The molecule has 1 aliphatic rings. The molecule has 0 spiro atoms. The van der Waals surface area contributed by atoms with Crippen molar-refractivity contribution in [2.75, 3.05) is 23.3 Å². The Labute approximate surface area is 174 Å². The Morgan fingerprint density at radius 2 is 2.00 bits per heavy atom. The Hall–Kier alpha value is -2.40. The highest BCUT2D eigenvalue weighted by molar-refractivity contribution is 7.80. The van der Waals surface area contributed by atoms with Gasteiger partial charge in [-0.05, 0) is 78.4 Å². The molecule has 2 N–H and O–H groups in total. The number of thiocarbonyl (C=S) groups is 1. The molecule has 0 unspecified atom stereocenters. The van der Waals surface area contributed by atoms with Gasteiger partial charge in [-0.15, -0.1) is 0 Å². The predicted octanol–water partition coefficient (Wildman–Crippen LogP) is 5.29. The van der Waals surface area contributed by atoms with Gasteiger partial charge in [0.2, 0.25) is 0 Å². The summed E-state index contributed by atoms with van der Waals surface area (Å²) in [5.74, 6) is 0.523. The van der Waals surface area contributed by atoms with Crippen LogP contribution < -0.4 is 15.6 Å². The Kier molecular flexibility index (Phi) is 7.04. The molecule has 0 saturated heterocycles. The second kappa shape index (κ2) is 9.69. The van der Waals surface area contributed by atoms with Crippen LogP contribution in [0.4, 0.5) is 11.4 Å². The predicted molar refractivity (Wildman–Crippen MR) is 125 cm³/mol. The van der Waals surface area contributed by atoms with Crippen LogP contribution >= 0.6 is 12.2 Å². The van der Waals surface area contributed by atoms with Gasteiger partial charge >= 0.3 is 0 Å². The van der Waals surface area contributed by atoms with E-state index in [1.165, 1.54) is 29.7 Å². The molecule has 1 heterocycles. The van der Waals surface area contributed by atoms with E-state index in [2.05, 4.69) is 71.8 Å². The third-order valence-electron chi connectivity index (χ3n) is 5.03. The fourth-order valence-electron chi connectivity index (χ4n) is 3.55. The highest BCUT2D eigenvalue weighted by Crippen LogP contribution is 2.27. The number of nitrogens with one attached hydrogen (secondary N) is 2. The first-order valence-corrected chi connectivity index (χ1v) is 10.6. The van der Waals surface area contributed by atoms with Crippen molar-refractivity contribution in [2.24, 2.45) is 5.10 Å². The highest BCUT2D eigenvalue weighted by atomic mass is 32.1. The van der Waals surface area contributed by atoms with Crippen molar-refractivity contribution >= 4 is 34.9 Å². The first kappa shape index (κ1) is 20.3. The number of hydrazone groups is 1. The van der Waals surface area contributed by atoms with Gasteiger partial charge in [0.1, 0.15) is 0 Å². The molecule has 5 heteroatoms. The molecular weight excluding hydrogens is 364 g/mol. The van der Waals surface area contributed by atoms with Crippen molar-refractivity contribution in [1.29, 1.82) is 0 Å². The maximum atomic E-state index is 5.33. The summed E-state index contributed by atoms with van der Waals surface area (Å²) in [6, 6.07) is 14.9. The fourth-order valence-corrected chi connectivity index (χ4v) is 3.72. The molecule has 0 amide bonds. The van der Waals surface area contributed by atoms with E-state index in [9.17, 15) is 0 Å². The fraction of sp³-hybridized carbons (Fsp3) is 0.391. The molecule has 3 rings (SSSR count). The number of rotatable bonds is 6. The molecule has 0 fully saturated rings. The van der Waals surface area contributed by atoms with E-state index in [0.717, 1.165) is 30.8 Å². The van der Waals surface area contributed by atoms with Crippen LogP contribution in [0.5, 0.6) is 0 Å². The number of anilines is 2. The van der Waals surface area contributed by atoms with E-state index in [1.807, 2.05) is 18.3 Å². The standard InChI is InChI=1S/C23H30N4S/c1-4-13-27-14-5-6-20-15-18(7-12-22(20)27)16-24-26-23(28)25-21-10-8-19(9-11-21)17(2)3/h7-12,15-17H,4-6,13-14H2,1-3H3,(H2,25,26,28). The van der Waals surface area contributed by atoms with E-state index >= 15 is 0 Å². The maximum Gasteiger partial charge on any atom is 0.191 e.